The molecule has 1 aromatic heterocycles. The van der Waals surface area contributed by atoms with Crippen molar-refractivity contribution in [2.24, 2.45) is 17.6 Å². The van der Waals surface area contributed by atoms with Gasteiger partial charge in [0, 0.05) is 18.4 Å². The summed E-state index contributed by atoms with van der Waals surface area (Å²) in [4.78, 5) is 4.30. The Morgan fingerprint density at radius 2 is 1.94 bits per heavy atom. The Labute approximate surface area is 105 Å². The summed E-state index contributed by atoms with van der Waals surface area (Å²) in [5, 5.41) is 0. The third-order valence-electron chi connectivity index (χ3n) is 3.20. The molecule has 0 saturated carbocycles. The van der Waals surface area contributed by atoms with Gasteiger partial charge in [0.1, 0.15) is 0 Å². The highest BCUT2D eigenvalue weighted by molar-refractivity contribution is 5.05. The fraction of sp³-hybridized carbons (Fsp3) is 0.786. The largest absolute Gasteiger partial charge is 0.328 e. The molecule has 1 rings (SSSR count). The Balaban J connectivity index is 2.99. The smallest absolute Gasteiger partial charge is 0.0953 e. The highest BCUT2D eigenvalue weighted by atomic mass is 15.1. The summed E-state index contributed by atoms with van der Waals surface area (Å²) in [5.74, 6) is 1.28. The van der Waals surface area contributed by atoms with Crippen LogP contribution in [0.1, 0.15) is 46.7 Å². The summed E-state index contributed by atoms with van der Waals surface area (Å²) >= 11 is 0. The number of nitrogens with two attached hydrogens (primary N) is 1. The lowest BCUT2D eigenvalue weighted by atomic mass is 9.90. The summed E-state index contributed by atoms with van der Waals surface area (Å²) in [7, 11) is 0. The second-order valence-electron chi connectivity index (χ2n) is 6.15. The minimum Gasteiger partial charge on any atom is -0.328 e. The normalized spacial score (nSPS) is 15.5. The minimum absolute atomic E-state index is 0.00507. The van der Waals surface area contributed by atoms with Crippen LogP contribution in [0.15, 0.2) is 12.5 Å². The molecule has 0 aliphatic rings. The summed E-state index contributed by atoms with van der Waals surface area (Å²) in [5.41, 5.74) is 7.29. The van der Waals surface area contributed by atoms with Crippen LogP contribution < -0.4 is 5.73 Å². The molecule has 0 aliphatic heterocycles. The monoisotopic (exact) mass is 237 g/mol. The molecule has 0 saturated heterocycles. The minimum atomic E-state index is -0.00507. The Morgan fingerprint density at radius 3 is 2.41 bits per heavy atom. The molecule has 0 aromatic carbocycles. The zero-order valence-electron chi connectivity index (χ0n) is 11.9. The van der Waals surface area contributed by atoms with Gasteiger partial charge in [-0.2, -0.15) is 0 Å². The molecule has 1 atom stereocenters. The van der Waals surface area contributed by atoms with Crippen LogP contribution in [0.3, 0.4) is 0 Å². The summed E-state index contributed by atoms with van der Waals surface area (Å²) < 4.78 is 2.28. The highest BCUT2D eigenvalue weighted by Crippen LogP contribution is 2.26. The number of aromatic nitrogens is 2. The molecule has 1 unspecified atom stereocenters. The molecule has 3 nitrogen and oxygen atoms in total. The van der Waals surface area contributed by atoms with E-state index in [0.717, 1.165) is 12.8 Å². The molecule has 0 spiro atoms. The van der Waals surface area contributed by atoms with Crippen molar-refractivity contribution in [2.45, 2.75) is 53.0 Å². The average Bonchev–Trinajstić information content (AvgIpc) is 2.64. The Kier molecular flexibility index (Phi) is 4.75. The lowest BCUT2D eigenvalue weighted by Gasteiger charge is -2.33. The highest BCUT2D eigenvalue weighted by Gasteiger charge is 2.27. The summed E-state index contributed by atoms with van der Waals surface area (Å²) in [6.45, 7) is 11.9. The van der Waals surface area contributed by atoms with Crippen molar-refractivity contribution in [3.63, 3.8) is 0 Å². The van der Waals surface area contributed by atoms with Gasteiger partial charge < -0.3 is 10.3 Å². The molecule has 2 N–H and O–H groups in total. The van der Waals surface area contributed by atoms with Crippen LogP contribution in [0.2, 0.25) is 0 Å². The molecule has 0 fully saturated rings. The number of hydrogen-bond donors (Lipinski definition) is 1. The molecule has 17 heavy (non-hydrogen) atoms. The van der Waals surface area contributed by atoms with E-state index in [0.29, 0.717) is 18.4 Å². The van der Waals surface area contributed by atoms with Crippen molar-refractivity contribution >= 4 is 0 Å². The maximum atomic E-state index is 6.00. The molecule has 1 heterocycles. The van der Waals surface area contributed by atoms with Gasteiger partial charge in [-0.3, -0.25) is 0 Å². The molecule has 3 heteroatoms. The van der Waals surface area contributed by atoms with E-state index in [4.69, 9.17) is 5.73 Å². The van der Waals surface area contributed by atoms with Crippen LogP contribution in [0, 0.1) is 11.8 Å². The number of rotatable bonds is 6. The van der Waals surface area contributed by atoms with Crippen LogP contribution >= 0.6 is 0 Å². The molecule has 0 amide bonds. The van der Waals surface area contributed by atoms with Crippen molar-refractivity contribution < 1.29 is 0 Å². The molecular formula is C14H27N3. The maximum absolute atomic E-state index is 6.00. The number of imidazole rings is 1. The standard InChI is InChI=1S/C14H27N3/c1-11(2)6-13-8-16-10-17(13)14(5,9-15)7-12(3)4/h8,10-12H,6-7,9,15H2,1-5H3. The third kappa shape index (κ3) is 3.56. The van der Waals surface area contributed by atoms with Crippen molar-refractivity contribution in [1.29, 1.82) is 0 Å². The SMILES string of the molecule is CC(C)Cc1cncn1C(C)(CN)CC(C)C. The quantitative estimate of drug-likeness (QED) is 0.827. The van der Waals surface area contributed by atoms with Crippen LogP contribution in [0.5, 0.6) is 0 Å². The van der Waals surface area contributed by atoms with E-state index in [2.05, 4.69) is 44.2 Å². The van der Waals surface area contributed by atoms with Gasteiger partial charge >= 0.3 is 0 Å². The Bertz CT molecular complexity index is 341. The van der Waals surface area contributed by atoms with Crippen LogP contribution in [-0.4, -0.2) is 16.1 Å². The molecule has 0 bridgehead atoms. The van der Waals surface area contributed by atoms with E-state index in [1.165, 1.54) is 5.69 Å². The van der Waals surface area contributed by atoms with Crippen LogP contribution in [-0.2, 0) is 12.0 Å². The lowest BCUT2D eigenvalue weighted by Crippen LogP contribution is -2.40. The van der Waals surface area contributed by atoms with Gasteiger partial charge in [0.05, 0.1) is 11.9 Å². The van der Waals surface area contributed by atoms with Crippen LogP contribution in [0.4, 0.5) is 0 Å². The molecule has 0 radical (unpaired) electrons. The van der Waals surface area contributed by atoms with E-state index in [1.54, 1.807) is 0 Å². The molecule has 1 aromatic rings. The second kappa shape index (κ2) is 5.67. The van der Waals surface area contributed by atoms with Gasteiger partial charge in [0.25, 0.3) is 0 Å². The maximum Gasteiger partial charge on any atom is 0.0953 e. The van der Waals surface area contributed by atoms with Gasteiger partial charge in [-0.25, -0.2) is 4.98 Å². The lowest BCUT2D eigenvalue weighted by molar-refractivity contribution is 0.256. The molecular weight excluding hydrogens is 210 g/mol. The van der Waals surface area contributed by atoms with E-state index >= 15 is 0 Å². The van der Waals surface area contributed by atoms with E-state index in [-0.39, 0.29) is 5.54 Å². The van der Waals surface area contributed by atoms with Crippen molar-refractivity contribution in [3.05, 3.63) is 18.2 Å². The number of hydrogen-bond acceptors (Lipinski definition) is 2. The van der Waals surface area contributed by atoms with Gasteiger partial charge in [-0.05, 0) is 31.6 Å². The van der Waals surface area contributed by atoms with Gasteiger partial charge in [-0.15, -0.1) is 0 Å². The van der Waals surface area contributed by atoms with E-state index < -0.39 is 0 Å². The first-order valence-electron chi connectivity index (χ1n) is 6.61. The molecule has 0 aliphatic carbocycles. The predicted molar refractivity (Wildman–Crippen MR) is 72.9 cm³/mol. The van der Waals surface area contributed by atoms with E-state index in [1.807, 2.05) is 12.5 Å². The average molecular weight is 237 g/mol. The van der Waals surface area contributed by atoms with Crippen molar-refractivity contribution in [1.82, 2.24) is 9.55 Å². The van der Waals surface area contributed by atoms with Gasteiger partial charge in [0.15, 0.2) is 0 Å². The topological polar surface area (TPSA) is 43.8 Å². The molecule has 98 valence electrons. The van der Waals surface area contributed by atoms with Gasteiger partial charge in [0.2, 0.25) is 0 Å². The van der Waals surface area contributed by atoms with Crippen LogP contribution in [0.25, 0.3) is 0 Å². The Hall–Kier alpha value is -0.830. The predicted octanol–water partition coefficient (Wildman–Crippen LogP) is 2.80. The fourth-order valence-corrected chi connectivity index (χ4v) is 2.54. The van der Waals surface area contributed by atoms with Gasteiger partial charge in [-0.1, -0.05) is 27.7 Å². The fourth-order valence-electron chi connectivity index (χ4n) is 2.54. The summed E-state index contributed by atoms with van der Waals surface area (Å²) in [6.07, 6.45) is 6.07. The second-order valence-corrected chi connectivity index (χ2v) is 6.15. The number of nitrogens with zero attached hydrogens (tertiary/aromatic N) is 2. The summed E-state index contributed by atoms with van der Waals surface area (Å²) in [6, 6.07) is 0. The zero-order chi connectivity index (χ0) is 13.1. The van der Waals surface area contributed by atoms with Crippen molar-refractivity contribution in [3.8, 4) is 0 Å². The van der Waals surface area contributed by atoms with Crippen molar-refractivity contribution in [2.75, 3.05) is 6.54 Å². The Morgan fingerprint density at radius 1 is 1.29 bits per heavy atom. The first kappa shape index (κ1) is 14.2. The zero-order valence-corrected chi connectivity index (χ0v) is 11.9. The third-order valence-corrected chi connectivity index (χ3v) is 3.20. The first-order chi connectivity index (χ1) is 7.89. The first-order valence-corrected chi connectivity index (χ1v) is 6.61. The van der Waals surface area contributed by atoms with E-state index in [9.17, 15) is 0 Å².